The van der Waals surface area contributed by atoms with Gasteiger partial charge >= 0.3 is 5.97 Å². The third kappa shape index (κ3) is 7.34. The maximum Gasteiger partial charge on any atom is 0.344 e. The van der Waals surface area contributed by atoms with Crippen molar-refractivity contribution in [1.29, 1.82) is 0 Å². The minimum Gasteiger partial charge on any atom is -0.490 e. The van der Waals surface area contributed by atoms with Crippen LogP contribution in [0.5, 0.6) is 23.0 Å². The van der Waals surface area contributed by atoms with Crippen LogP contribution in [0, 0.1) is 0 Å². The molecule has 11 nitrogen and oxygen atoms in total. The van der Waals surface area contributed by atoms with Gasteiger partial charge in [0.2, 0.25) is 6.79 Å². The fraction of sp³-hybridized carbons (Fsp3) is 0.304. The molecule has 0 aliphatic carbocycles. The van der Waals surface area contributed by atoms with E-state index in [2.05, 4.69) is 31.8 Å². The summed E-state index contributed by atoms with van der Waals surface area (Å²) in [4.78, 5) is 35.9. The number of hydrogen-bond acceptors (Lipinski definition) is 9. The average molecular weight is 550 g/mol. The summed E-state index contributed by atoms with van der Waals surface area (Å²) in [6, 6.07) is 8.07. The second-order valence-corrected chi connectivity index (χ2v) is 7.75. The molecule has 0 radical (unpaired) electrons. The molecule has 0 fully saturated rings. The maximum atomic E-state index is 12.3. The maximum absolute atomic E-state index is 12.3. The zero-order valence-electron chi connectivity index (χ0n) is 19.1. The van der Waals surface area contributed by atoms with Gasteiger partial charge in [0.15, 0.2) is 29.6 Å². The molecule has 0 unspecified atom stereocenters. The highest BCUT2D eigenvalue weighted by molar-refractivity contribution is 9.10. The quantitative estimate of drug-likeness (QED) is 0.248. The van der Waals surface area contributed by atoms with E-state index < -0.39 is 17.8 Å². The van der Waals surface area contributed by atoms with Crippen LogP contribution in [0.1, 0.15) is 29.8 Å². The van der Waals surface area contributed by atoms with E-state index >= 15 is 0 Å². The van der Waals surface area contributed by atoms with E-state index in [-0.39, 0.29) is 26.6 Å². The van der Waals surface area contributed by atoms with Crippen LogP contribution in [0.2, 0.25) is 0 Å². The molecule has 0 spiro atoms. The van der Waals surface area contributed by atoms with Crippen LogP contribution in [0.4, 0.5) is 0 Å². The highest BCUT2D eigenvalue weighted by atomic mass is 79.9. The predicted molar refractivity (Wildman–Crippen MR) is 128 cm³/mol. The lowest BCUT2D eigenvalue weighted by Gasteiger charge is -2.14. The molecule has 186 valence electrons. The lowest BCUT2D eigenvalue weighted by atomic mass is 10.2. The molecule has 2 aromatic rings. The number of ether oxygens (including phenoxy) is 5. The Hall–Kier alpha value is -3.80. The van der Waals surface area contributed by atoms with Crippen molar-refractivity contribution in [2.45, 2.75) is 13.8 Å². The van der Waals surface area contributed by atoms with Crippen molar-refractivity contribution in [3.05, 3.63) is 45.9 Å². The van der Waals surface area contributed by atoms with E-state index in [1.165, 1.54) is 6.21 Å². The van der Waals surface area contributed by atoms with Crippen LogP contribution in [-0.4, -0.2) is 57.2 Å². The minimum atomic E-state index is -0.520. The number of benzene rings is 2. The number of carbonyl (C=O) groups is 3. The molecule has 0 saturated carbocycles. The zero-order valence-corrected chi connectivity index (χ0v) is 20.7. The molecule has 0 aromatic heterocycles. The Labute approximate surface area is 209 Å². The summed E-state index contributed by atoms with van der Waals surface area (Å²) >= 11 is 3.39. The smallest absolute Gasteiger partial charge is 0.344 e. The van der Waals surface area contributed by atoms with Crippen LogP contribution in [0.25, 0.3) is 0 Å². The molecular formula is C23H24BrN3O8. The van der Waals surface area contributed by atoms with Gasteiger partial charge in [-0.15, -0.1) is 0 Å². The third-order valence-corrected chi connectivity index (χ3v) is 5.01. The molecule has 2 amide bonds. The monoisotopic (exact) mass is 549 g/mol. The number of rotatable bonds is 11. The van der Waals surface area contributed by atoms with E-state index in [4.69, 9.17) is 23.7 Å². The summed E-state index contributed by atoms with van der Waals surface area (Å²) < 4.78 is 27.0. The second-order valence-electron chi connectivity index (χ2n) is 6.90. The minimum absolute atomic E-state index is 0.104. The summed E-state index contributed by atoms with van der Waals surface area (Å²) in [6.07, 6.45) is 1.40. The van der Waals surface area contributed by atoms with Crippen molar-refractivity contribution in [3.63, 3.8) is 0 Å². The number of nitrogens with zero attached hydrogens (tertiary/aromatic N) is 1. The largest absolute Gasteiger partial charge is 0.490 e. The van der Waals surface area contributed by atoms with Gasteiger partial charge < -0.3 is 29.0 Å². The summed E-state index contributed by atoms with van der Waals surface area (Å²) in [5.74, 6) is 0.302. The average Bonchev–Trinajstić information content (AvgIpc) is 3.30. The van der Waals surface area contributed by atoms with Gasteiger partial charge in [-0.2, -0.15) is 5.10 Å². The van der Waals surface area contributed by atoms with Crippen molar-refractivity contribution < 1.29 is 38.1 Å². The Morgan fingerprint density at radius 2 is 1.89 bits per heavy atom. The normalized spacial score (nSPS) is 11.7. The number of hydrazone groups is 1. The molecule has 1 heterocycles. The number of hydrogen-bond donors (Lipinski definition) is 2. The third-order valence-electron chi connectivity index (χ3n) is 4.42. The Morgan fingerprint density at radius 3 is 2.66 bits per heavy atom. The van der Waals surface area contributed by atoms with Crippen molar-refractivity contribution in [2.24, 2.45) is 5.10 Å². The molecule has 1 aliphatic rings. The van der Waals surface area contributed by atoms with Crippen molar-refractivity contribution in [1.82, 2.24) is 10.7 Å². The number of carbonyl (C=O) groups excluding carboxylic acids is 3. The zero-order chi connectivity index (χ0) is 25.2. The van der Waals surface area contributed by atoms with Gasteiger partial charge in [-0.05, 0) is 65.7 Å². The Bertz CT molecular complexity index is 1120. The molecular weight excluding hydrogens is 526 g/mol. The Morgan fingerprint density at radius 1 is 1.09 bits per heavy atom. The van der Waals surface area contributed by atoms with Crippen molar-refractivity contribution >= 4 is 39.9 Å². The van der Waals surface area contributed by atoms with E-state index in [1.54, 1.807) is 37.3 Å². The number of amides is 2. The van der Waals surface area contributed by atoms with E-state index in [0.717, 1.165) is 0 Å². The first-order valence-corrected chi connectivity index (χ1v) is 11.4. The van der Waals surface area contributed by atoms with Crippen LogP contribution < -0.4 is 29.7 Å². The summed E-state index contributed by atoms with van der Waals surface area (Å²) in [5.41, 5.74) is 3.27. The highest BCUT2D eigenvalue weighted by Crippen LogP contribution is 2.36. The molecule has 0 bridgehead atoms. The summed E-state index contributed by atoms with van der Waals surface area (Å²) in [5, 5.41) is 6.42. The summed E-state index contributed by atoms with van der Waals surface area (Å²) in [7, 11) is 0. The molecule has 12 heteroatoms. The lowest BCUT2D eigenvalue weighted by Crippen LogP contribution is -2.34. The van der Waals surface area contributed by atoms with Crippen LogP contribution >= 0.6 is 15.9 Å². The molecule has 35 heavy (non-hydrogen) atoms. The van der Waals surface area contributed by atoms with Gasteiger partial charge in [0, 0.05) is 5.56 Å². The molecule has 2 aromatic carbocycles. The first kappa shape index (κ1) is 25.8. The van der Waals surface area contributed by atoms with Gasteiger partial charge in [0.1, 0.15) is 0 Å². The number of fused-ring (bicyclic) bond motifs is 1. The first-order valence-electron chi connectivity index (χ1n) is 10.7. The van der Waals surface area contributed by atoms with Gasteiger partial charge in [-0.3, -0.25) is 9.59 Å². The topological polar surface area (TPSA) is 134 Å². The number of halogens is 1. The molecule has 1 aliphatic heterocycles. The van der Waals surface area contributed by atoms with Crippen molar-refractivity contribution in [2.75, 3.05) is 33.2 Å². The fourth-order valence-electron chi connectivity index (χ4n) is 2.92. The van der Waals surface area contributed by atoms with Crippen LogP contribution in [0.15, 0.2) is 39.9 Å². The summed E-state index contributed by atoms with van der Waals surface area (Å²) in [6.45, 7) is 3.69. The van der Waals surface area contributed by atoms with E-state index in [1.807, 2.05) is 6.92 Å². The standard InChI is InChI=1S/C23H24BrN3O8/c1-3-31-19-8-14(7-16(24)22(19)33-12-21(29)32-4-2)10-26-27-20(28)11-25-23(30)15-5-6-17-18(9-15)35-13-34-17/h5-10H,3-4,11-13H2,1-2H3,(H,25,30)(H,27,28). The predicted octanol–water partition coefficient (Wildman–Crippen LogP) is 2.40. The Kier molecular flexibility index (Phi) is 9.30. The SMILES string of the molecule is CCOC(=O)COc1c(Br)cc(C=NNC(=O)CNC(=O)c2ccc3c(c2)OCO3)cc1OCC. The number of esters is 1. The highest BCUT2D eigenvalue weighted by Gasteiger charge is 2.17. The van der Waals surface area contributed by atoms with Gasteiger partial charge in [0.25, 0.3) is 11.8 Å². The van der Waals surface area contributed by atoms with E-state index in [9.17, 15) is 14.4 Å². The van der Waals surface area contributed by atoms with Crippen LogP contribution in [0.3, 0.4) is 0 Å². The molecule has 2 N–H and O–H groups in total. The van der Waals surface area contributed by atoms with E-state index in [0.29, 0.717) is 45.2 Å². The molecule has 3 rings (SSSR count). The Balaban J connectivity index is 1.54. The number of nitrogens with one attached hydrogen (secondary N) is 2. The van der Waals surface area contributed by atoms with Crippen LogP contribution in [-0.2, 0) is 14.3 Å². The second kappa shape index (κ2) is 12.6. The molecule has 0 saturated heterocycles. The lowest BCUT2D eigenvalue weighted by molar-refractivity contribution is -0.145. The van der Waals surface area contributed by atoms with Crippen molar-refractivity contribution in [3.8, 4) is 23.0 Å². The first-order chi connectivity index (χ1) is 16.9. The molecule has 0 atom stereocenters. The van der Waals surface area contributed by atoms with Gasteiger partial charge in [-0.1, -0.05) is 0 Å². The van der Waals surface area contributed by atoms with Gasteiger partial charge in [0.05, 0.1) is 30.4 Å². The van der Waals surface area contributed by atoms with Gasteiger partial charge in [-0.25, -0.2) is 10.2 Å². The fourth-order valence-corrected chi connectivity index (χ4v) is 3.49.